The molecule has 0 aliphatic carbocycles. The molecule has 3 aliphatic heterocycles. The lowest BCUT2D eigenvalue weighted by Crippen LogP contribution is -2.58. The fraction of sp³-hybridized carbons (Fsp3) is 0.611. The van der Waals surface area contributed by atoms with Gasteiger partial charge < -0.3 is 29.0 Å². The first-order valence-electron chi connectivity index (χ1n) is 8.67. The van der Waals surface area contributed by atoms with Crippen LogP contribution in [0.2, 0.25) is 0 Å². The van der Waals surface area contributed by atoms with Gasteiger partial charge in [0.05, 0.1) is 5.69 Å². The quantitative estimate of drug-likeness (QED) is 0.842. The number of nitrogens with one attached hydrogen (secondary N) is 1. The van der Waals surface area contributed by atoms with Gasteiger partial charge in [0.15, 0.2) is 24.0 Å². The molecule has 0 spiro atoms. The molecule has 148 valence electrons. The zero-order valence-electron chi connectivity index (χ0n) is 15.3. The lowest BCUT2D eigenvalue weighted by Gasteiger charge is -2.36. The van der Waals surface area contributed by atoms with E-state index in [0.717, 1.165) is 18.2 Å². The predicted molar refractivity (Wildman–Crippen MR) is 87.5 cm³/mol. The molecule has 0 bridgehead atoms. The molecule has 0 saturated carbocycles. The van der Waals surface area contributed by atoms with Crippen LogP contribution in [0.4, 0.5) is 14.5 Å². The van der Waals surface area contributed by atoms with Gasteiger partial charge in [-0.1, -0.05) is 0 Å². The van der Waals surface area contributed by atoms with E-state index >= 15 is 0 Å². The summed E-state index contributed by atoms with van der Waals surface area (Å²) in [6.45, 7) is 6.87. The van der Waals surface area contributed by atoms with Crippen molar-refractivity contribution >= 4 is 11.6 Å². The van der Waals surface area contributed by atoms with Crippen LogP contribution in [0.1, 0.15) is 27.7 Å². The van der Waals surface area contributed by atoms with Crippen LogP contribution in [0.15, 0.2) is 18.2 Å². The van der Waals surface area contributed by atoms with Gasteiger partial charge in [-0.2, -0.15) is 0 Å². The van der Waals surface area contributed by atoms with E-state index in [0.29, 0.717) is 0 Å². The van der Waals surface area contributed by atoms with Gasteiger partial charge in [-0.05, 0) is 39.8 Å². The fourth-order valence-electron chi connectivity index (χ4n) is 3.62. The smallest absolute Gasteiger partial charge is 0.256 e. The maximum absolute atomic E-state index is 13.9. The van der Waals surface area contributed by atoms with Gasteiger partial charge in [0, 0.05) is 6.07 Å². The molecule has 27 heavy (non-hydrogen) atoms. The average Bonchev–Trinajstić information content (AvgIpc) is 3.04. The van der Waals surface area contributed by atoms with Gasteiger partial charge in [-0.25, -0.2) is 8.78 Å². The summed E-state index contributed by atoms with van der Waals surface area (Å²) in [6, 6.07) is 2.79. The predicted octanol–water partition coefficient (Wildman–Crippen LogP) is 2.30. The molecule has 1 aromatic rings. The Labute approximate surface area is 154 Å². The monoisotopic (exact) mass is 385 g/mol. The van der Waals surface area contributed by atoms with Crippen molar-refractivity contribution in [3.63, 3.8) is 0 Å². The normalized spacial score (nSPS) is 36.1. The molecule has 0 radical (unpaired) electrons. The number of ether oxygens (including phenoxy) is 5. The van der Waals surface area contributed by atoms with E-state index in [1.54, 1.807) is 27.7 Å². The molecule has 5 atom stereocenters. The Balaban J connectivity index is 1.60. The molecular formula is C18H21F2NO6. The minimum Gasteiger partial charge on any atom is -0.342 e. The van der Waals surface area contributed by atoms with Gasteiger partial charge in [0.1, 0.15) is 29.9 Å². The molecule has 1 N–H and O–H groups in total. The highest BCUT2D eigenvalue weighted by Crippen LogP contribution is 2.44. The number of hydrogen-bond acceptors (Lipinski definition) is 6. The Morgan fingerprint density at radius 3 is 2.33 bits per heavy atom. The second kappa shape index (κ2) is 6.18. The van der Waals surface area contributed by atoms with Crippen molar-refractivity contribution in [1.82, 2.24) is 0 Å². The Hall–Kier alpha value is -1.65. The molecule has 3 aliphatic rings. The third kappa shape index (κ3) is 3.45. The standard InChI is InChI=1S/C18H21F2NO6/c1-17(2)24-11-12(25-17)14-16(27-18(3,4)26-14)23-13(11)15(22)21-10-7-8(19)5-6-9(10)20/h5-7,11-14,16H,1-4H3,(H,21,22)/t11-,12-,13+,14-,16+/m1/s1. The van der Waals surface area contributed by atoms with Crippen LogP contribution in [0.3, 0.4) is 0 Å². The fourth-order valence-corrected chi connectivity index (χ4v) is 3.62. The lowest BCUT2D eigenvalue weighted by atomic mass is 9.98. The number of anilines is 1. The number of halogens is 2. The van der Waals surface area contributed by atoms with Crippen LogP contribution in [0.5, 0.6) is 0 Å². The topological polar surface area (TPSA) is 75.3 Å². The van der Waals surface area contributed by atoms with Crippen LogP contribution < -0.4 is 5.32 Å². The molecule has 3 saturated heterocycles. The van der Waals surface area contributed by atoms with E-state index < -0.39 is 59.8 Å². The first-order chi connectivity index (χ1) is 12.5. The van der Waals surface area contributed by atoms with Gasteiger partial charge in [-0.15, -0.1) is 0 Å². The Bertz CT molecular complexity index is 770. The molecule has 1 amide bonds. The molecule has 0 unspecified atom stereocenters. The second-order valence-electron chi connectivity index (χ2n) is 7.70. The van der Waals surface area contributed by atoms with E-state index in [4.69, 9.17) is 23.7 Å². The third-order valence-electron chi connectivity index (χ3n) is 4.60. The van der Waals surface area contributed by atoms with Crippen molar-refractivity contribution < 1.29 is 37.3 Å². The zero-order valence-corrected chi connectivity index (χ0v) is 15.3. The van der Waals surface area contributed by atoms with Crippen LogP contribution in [0, 0.1) is 11.6 Å². The molecule has 7 nitrogen and oxygen atoms in total. The van der Waals surface area contributed by atoms with Crippen molar-refractivity contribution in [2.24, 2.45) is 0 Å². The highest BCUT2D eigenvalue weighted by Gasteiger charge is 2.62. The third-order valence-corrected chi connectivity index (χ3v) is 4.60. The van der Waals surface area contributed by atoms with Crippen LogP contribution in [-0.4, -0.2) is 48.2 Å². The van der Waals surface area contributed by atoms with E-state index in [9.17, 15) is 13.6 Å². The van der Waals surface area contributed by atoms with E-state index in [1.165, 1.54) is 0 Å². The summed E-state index contributed by atoms with van der Waals surface area (Å²) >= 11 is 0. The summed E-state index contributed by atoms with van der Waals surface area (Å²) in [6.07, 6.45) is -4.00. The molecular weight excluding hydrogens is 364 g/mol. The van der Waals surface area contributed by atoms with Gasteiger partial charge >= 0.3 is 0 Å². The number of carbonyl (C=O) groups is 1. The maximum Gasteiger partial charge on any atom is 0.256 e. The maximum atomic E-state index is 13.9. The molecule has 0 aromatic heterocycles. The summed E-state index contributed by atoms with van der Waals surface area (Å²) in [5.74, 6) is -4.02. The highest BCUT2D eigenvalue weighted by atomic mass is 19.1. The number of rotatable bonds is 2. The summed E-state index contributed by atoms with van der Waals surface area (Å²) in [5, 5.41) is 2.35. The minimum absolute atomic E-state index is 0.288. The Morgan fingerprint density at radius 1 is 0.963 bits per heavy atom. The van der Waals surface area contributed by atoms with Crippen molar-refractivity contribution in [3.8, 4) is 0 Å². The summed E-state index contributed by atoms with van der Waals surface area (Å²) in [5.41, 5.74) is -0.288. The van der Waals surface area contributed by atoms with Gasteiger partial charge in [-0.3, -0.25) is 4.79 Å². The van der Waals surface area contributed by atoms with E-state index in [2.05, 4.69) is 5.32 Å². The first kappa shape index (κ1) is 18.7. The number of fused-ring (bicyclic) bond motifs is 3. The van der Waals surface area contributed by atoms with Gasteiger partial charge in [0.2, 0.25) is 0 Å². The van der Waals surface area contributed by atoms with E-state index in [1.807, 2.05) is 0 Å². The van der Waals surface area contributed by atoms with Crippen LogP contribution in [0.25, 0.3) is 0 Å². The highest BCUT2D eigenvalue weighted by molar-refractivity contribution is 5.95. The number of hydrogen-bond donors (Lipinski definition) is 1. The first-order valence-corrected chi connectivity index (χ1v) is 8.67. The molecule has 1 aromatic carbocycles. The number of benzene rings is 1. The van der Waals surface area contributed by atoms with Crippen molar-refractivity contribution in [1.29, 1.82) is 0 Å². The molecule has 3 fully saturated rings. The molecule has 9 heteroatoms. The van der Waals surface area contributed by atoms with Crippen LogP contribution in [-0.2, 0) is 28.5 Å². The van der Waals surface area contributed by atoms with Crippen molar-refractivity contribution in [2.75, 3.05) is 5.32 Å². The minimum atomic E-state index is -1.15. The SMILES string of the molecule is CC1(C)O[C@@H]2[C@@H](O1)[C@@H](C(=O)Nc1cc(F)ccc1F)O[C@H]1OC(C)(C)O[C@@H]12. The summed E-state index contributed by atoms with van der Waals surface area (Å²) in [7, 11) is 0. The van der Waals surface area contributed by atoms with Gasteiger partial charge in [0.25, 0.3) is 5.91 Å². The number of amides is 1. The van der Waals surface area contributed by atoms with Crippen molar-refractivity contribution in [3.05, 3.63) is 29.8 Å². The molecule has 3 heterocycles. The summed E-state index contributed by atoms with van der Waals surface area (Å²) in [4.78, 5) is 12.8. The molecule has 4 rings (SSSR count). The lowest BCUT2D eigenvalue weighted by molar-refractivity contribution is -0.229. The van der Waals surface area contributed by atoms with Crippen LogP contribution >= 0.6 is 0 Å². The number of carbonyl (C=O) groups excluding carboxylic acids is 1. The van der Waals surface area contributed by atoms with E-state index in [-0.39, 0.29) is 5.69 Å². The van der Waals surface area contributed by atoms with Crippen molar-refractivity contribution in [2.45, 2.75) is 70.0 Å². The largest absolute Gasteiger partial charge is 0.342 e. The Morgan fingerprint density at radius 2 is 1.59 bits per heavy atom. The average molecular weight is 385 g/mol. The second-order valence-corrected chi connectivity index (χ2v) is 7.70. The summed E-state index contributed by atoms with van der Waals surface area (Å²) < 4.78 is 56.4. The Kier molecular flexibility index (Phi) is 4.28. The zero-order chi connectivity index (χ0) is 19.6.